The highest BCUT2D eigenvalue weighted by molar-refractivity contribution is 5.94. The van der Waals surface area contributed by atoms with E-state index in [0.717, 1.165) is 27.9 Å². The fraction of sp³-hybridized carbons (Fsp3) is 0.333. The number of nitrogens with one attached hydrogen (secondary N) is 1. The number of hydrogen-bond donors (Lipinski definition) is 1. The van der Waals surface area contributed by atoms with Crippen molar-refractivity contribution in [1.29, 1.82) is 0 Å². The number of rotatable bonds is 6. The van der Waals surface area contributed by atoms with Gasteiger partial charge in [-0.1, -0.05) is 55.0 Å². The summed E-state index contributed by atoms with van der Waals surface area (Å²) in [5, 5.41) is 2.83. The van der Waals surface area contributed by atoms with Crippen LogP contribution in [0.1, 0.15) is 41.5 Å². The van der Waals surface area contributed by atoms with Crippen LogP contribution in [0.25, 0.3) is 0 Å². The van der Waals surface area contributed by atoms with Crippen molar-refractivity contribution in [2.45, 2.75) is 40.0 Å². The maximum Gasteiger partial charge on any atom is 0.306 e. The monoisotopic (exact) mass is 339 g/mol. The zero-order valence-electron chi connectivity index (χ0n) is 15.3. The zero-order chi connectivity index (χ0) is 18.4. The van der Waals surface area contributed by atoms with Gasteiger partial charge in [-0.25, -0.2) is 0 Å². The molecule has 2 rings (SSSR count). The molecular weight excluding hydrogens is 314 g/mol. The van der Waals surface area contributed by atoms with Gasteiger partial charge in [0.2, 0.25) is 0 Å². The molecule has 0 bridgehead atoms. The second-order valence-corrected chi connectivity index (χ2v) is 6.50. The molecule has 25 heavy (non-hydrogen) atoms. The van der Waals surface area contributed by atoms with Gasteiger partial charge >= 0.3 is 5.97 Å². The molecule has 0 fully saturated rings. The minimum absolute atomic E-state index is 0.0540. The van der Waals surface area contributed by atoms with Crippen molar-refractivity contribution in [3.8, 4) is 0 Å². The molecule has 1 atom stereocenters. The molecule has 0 radical (unpaired) electrons. The van der Waals surface area contributed by atoms with E-state index in [1.165, 1.54) is 0 Å². The summed E-state index contributed by atoms with van der Waals surface area (Å²) in [6.45, 7) is 7.61. The van der Waals surface area contributed by atoms with E-state index in [1.54, 1.807) is 0 Å². The lowest BCUT2D eigenvalue weighted by molar-refractivity contribution is -0.147. The second-order valence-electron chi connectivity index (χ2n) is 6.50. The van der Waals surface area contributed by atoms with Crippen LogP contribution in [0, 0.1) is 20.8 Å². The number of hydrogen-bond acceptors (Lipinski definition) is 3. The molecule has 0 saturated heterocycles. The van der Waals surface area contributed by atoms with Gasteiger partial charge in [0.05, 0.1) is 6.42 Å². The molecule has 4 nitrogen and oxygen atoms in total. The number of esters is 1. The molecule has 0 saturated carbocycles. The Bertz CT molecular complexity index is 730. The molecule has 0 aliphatic rings. The summed E-state index contributed by atoms with van der Waals surface area (Å²) in [7, 11) is 0. The predicted octanol–water partition coefficient (Wildman–Crippen LogP) is 4.29. The van der Waals surface area contributed by atoms with E-state index < -0.39 is 0 Å². The van der Waals surface area contributed by atoms with Gasteiger partial charge < -0.3 is 10.1 Å². The molecule has 2 aromatic rings. The molecule has 1 N–H and O–H groups in total. The minimum atomic E-state index is -0.371. The Balaban J connectivity index is 1.85. The molecule has 0 aromatic heterocycles. The average Bonchev–Trinajstić information content (AvgIpc) is 2.57. The van der Waals surface area contributed by atoms with Crippen LogP contribution >= 0.6 is 0 Å². The van der Waals surface area contributed by atoms with Gasteiger partial charge in [-0.2, -0.15) is 0 Å². The molecular formula is C21H25NO3. The van der Waals surface area contributed by atoms with E-state index in [9.17, 15) is 9.59 Å². The van der Waals surface area contributed by atoms with E-state index in [0.29, 0.717) is 0 Å². The largest absolute Gasteiger partial charge is 0.456 e. The van der Waals surface area contributed by atoms with Crippen LogP contribution in [-0.2, 0) is 14.3 Å². The van der Waals surface area contributed by atoms with Crippen LogP contribution in [0.5, 0.6) is 0 Å². The first-order valence-electron chi connectivity index (χ1n) is 8.45. The van der Waals surface area contributed by atoms with E-state index in [1.807, 2.05) is 70.2 Å². The van der Waals surface area contributed by atoms with Crippen molar-refractivity contribution >= 4 is 17.6 Å². The Kier molecular flexibility index (Phi) is 6.34. The quantitative estimate of drug-likeness (QED) is 0.799. The van der Waals surface area contributed by atoms with Gasteiger partial charge in [0.1, 0.15) is 0 Å². The van der Waals surface area contributed by atoms with Gasteiger partial charge in [0.15, 0.2) is 6.61 Å². The Morgan fingerprint density at radius 3 is 2.24 bits per heavy atom. The Morgan fingerprint density at radius 2 is 1.64 bits per heavy atom. The van der Waals surface area contributed by atoms with Crippen molar-refractivity contribution in [2.75, 3.05) is 11.9 Å². The fourth-order valence-electron chi connectivity index (χ4n) is 2.91. The highest BCUT2D eigenvalue weighted by Crippen LogP contribution is 2.22. The summed E-state index contributed by atoms with van der Waals surface area (Å²) >= 11 is 0. The molecule has 0 spiro atoms. The molecule has 0 aliphatic carbocycles. The molecule has 1 amide bonds. The van der Waals surface area contributed by atoms with Crippen LogP contribution in [-0.4, -0.2) is 18.5 Å². The van der Waals surface area contributed by atoms with Gasteiger partial charge in [0.25, 0.3) is 5.91 Å². The topological polar surface area (TPSA) is 55.4 Å². The summed E-state index contributed by atoms with van der Waals surface area (Å²) in [5.41, 5.74) is 5.00. The molecule has 0 heterocycles. The Morgan fingerprint density at radius 1 is 1.04 bits per heavy atom. The summed E-state index contributed by atoms with van der Waals surface area (Å²) in [5.74, 6) is -0.641. The van der Waals surface area contributed by atoms with Crippen molar-refractivity contribution in [3.63, 3.8) is 0 Å². The lowest BCUT2D eigenvalue weighted by Gasteiger charge is -2.14. The summed E-state index contributed by atoms with van der Waals surface area (Å²) < 4.78 is 5.12. The second kappa shape index (κ2) is 8.47. The fourth-order valence-corrected chi connectivity index (χ4v) is 2.91. The predicted molar refractivity (Wildman–Crippen MR) is 99.7 cm³/mol. The maximum absolute atomic E-state index is 12.1. The van der Waals surface area contributed by atoms with Crippen LogP contribution in [0.3, 0.4) is 0 Å². The highest BCUT2D eigenvalue weighted by atomic mass is 16.5. The van der Waals surface area contributed by atoms with E-state index in [-0.39, 0.29) is 30.8 Å². The van der Waals surface area contributed by atoms with Crippen molar-refractivity contribution in [1.82, 2.24) is 0 Å². The van der Waals surface area contributed by atoms with Crippen molar-refractivity contribution in [2.24, 2.45) is 0 Å². The first kappa shape index (κ1) is 18.7. The zero-order valence-corrected chi connectivity index (χ0v) is 15.3. The standard InChI is InChI=1S/C21H25NO3/c1-14-10-16(3)21(17(4)11-14)22-19(23)13-25-20(24)12-15(2)18-8-6-5-7-9-18/h5-11,15H,12-13H2,1-4H3,(H,22,23). The third-order valence-corrected chi connectivity index (χ3v) is 4.15. The SMILES string of the molecule is Cc1cc(C)c(NC(=O)COC(=O)CC(C)c2ccccc2)c(C)c1. The van der Waals surface area contributed by atoms with Crippen molar-refractivity contribution in [3.05, 3.63) is 64.7 Å². The van der Waals surface area contributed by atoms with Crippen LogP contribution in [0.15, 0.2) is 42.5 Å². The molecule has 1 unspecified atom stereocenters. The van der Waals surface area contributed by atoms with Gasteiger partial charge in [-0.05, 0) is 43.4 Å². The average molecular weight is 339 g/mol. The molecule has 0 aliphatic heterocycles. The minimum Gasteiger partial charge on any atom is -0.456 e. The number of anilines is 1. The lowest BCUT2D eigenvalue weighted by Crippen LogP contribution is -2.22. The maximum atomic E-state index is 12.1. The summed E-state index contributed by atoms with van der Waals surface area (Å²) in [6, 6.07) is 13.8. The molecule has 4 heteroatoms. The number of benzene rings is 2. The van der Waals surface area contributed by atoms with Crippen molar-refractivity contribution < 1.29 is 14.3 Å². The summed E-state index contributed by atoms with van der Waals surface area (Å²) in [4.78, 5) is 24.0. The normalized spacial score (nSPS) is 11.7. The Hall–Kier alpha value is -2.62. The number of amides is 1. The third-order valence-electron chi connectivity index (χ3n) is 4.15. The van der Waals surface area contributed by atoms with Crippen LogP contribution in [0.2, 0.25) is 0 Å². The number of ether oxygens (including phenoxy) is 1. The first-order chi connectivity index (χ1) is 11.9. The van der Waals surface area contributed by atoms with Gasteiger partial charge in [-0.3, -0.25) is 9.59 Å². The third kappa shape index (κ3) is 5.45. The van der Waals surface area contributed by atoms with Gasteiger partial charge in [-0.15, -0.1) is 0 Å². The highest BCUT2D eigenvalue weighted by Gasteiger charge is 2.14. The van der Waals surface area contributed by atoms with Crippen LogP contribution in [0.4, 0.5) is 5.69 Å². The first-order valence-corrected chi connectivity index (χ1v) is 8.45. The number of carbonyl (C=O) groups excluding carboxylic acids is 2. The smallest absolute Gasteiger partial charge is 0.306 e. The van der Waals surface area contributed by atoms with Crippen LogP contribution < -0.4 is 5.32 Å². The number of aryl methyl sites for hydroxylation is 3. The Labute approximate surface area is 149 Å². The lowest BCUT2D eigenvalue weighted by atomic mass is 9.98. The number of carbonyl (C=O) groups is 2. The van der Waals surface area contributed by atoms with E-state index in [4.69, 9.17) is 4.74 Å². The van der Waals surface area contributed by atoms with Gasteiger partial charge in [0, 0.05) is 5.69 Å². The van der Waals surface area contributed by atoms with E-state index >= 15 is 0 Å². The van der Waals surface area contributed by atoms with E-state index in [2.05, 4.69) is 5.32 Å². The summed E-state index contributed by atoms with van der Waals surface area (Å²) in [6.07, 6.45) is 0.250. The molecule has 132 valence electrons. The molecule has 2 aromatic carbocycles.